The maximum atomic E-state index is 15.8. The Labute approximate surface area is 250 Å². The Balaban J connectivity index is 1.95. The molecule has 0 aromatic heterocycles. The molecule has 0 saturated heterocycles. The van der Waals surface area contributed by atoms with Gasteiger partial charge in [-0.2, -0.15) is 4.44 Å². The average molecular weight is 641 g/mol. The lowest BCUT2D eigenvalue weighted by Crippen LogP contribution is -2.37. The molecule has 0 saturated carbocycles. The second-order valence-corrected chi connectivity index (χ2v) is 22.6. The monoisotopic (exact) mass is 640 g/mol. The first-order valence-corrected chi connectivity index (χ1v) is 22.2. The summed E-state index contributed by atoms with van der Waals surface area (Å²) >= 11 is 0. The van der Waals surface area contributed by atoms with Gasteiger partial charge in [0.15, 0.2) is 7.29 Å². The summed E-state index contributed by atoms with van der Waals surface area (Å²) in [6.45, 7) is 9.34. The molecule has 0 heterocycles. The highest BCUT2D eigenvalue weighted by Crippen LogP contribution is 2.65. The minimum absolute atomic E-state index is 0.177. The quantitative estimate of drug-likeness (QED) is 0.150. The van der Waals surface area contributed by atoms with E-state index in [0.717, 1.165) is 5.56 Å². The second kappa shape index (κ2) is 13.2. The zero-order valence-electron chi connectivity index (χ0n) is 24.9. The fraction of sp³-hybridized carbons (Fsp3) is 0.250. The highest BCUT2D eigenvalue weighted by Gasteiger charge is 2.46. The van der Waals surface area contributed by atoms with Crippen LogP contribution >= 0.6 is 29.2 Å². The van der Waals surface area contributed by atoms with Crippen LogP contribution in [0.15, 0.2) is 115 Å². The van der Waals surface area contributed by atoms with Crippen molar-refractivity contribution in [3.05, 3.63) is 121 Å². The van der Waals surface area contributed by atoms with Gasteiger partial charge in [-0.1, -0.05) is 80.6 Å². The molecule has 0 aliphatic carbocycles. The van der Waals surface area contributed by atoms with Crippen LogP contribution in [0.1, 0.15) is 19.4 Å². The van der Waals surface area contributed by atoms with Gasteiger partial charge < -0.3 is 9.13 Å². The molecule has 10 heteroatoms. The van der Waals surface area contributed by atoms with Gasteiger partial charge in [0.1, 0.15) is 7.29 Å². The van der Waals surface area contributed by atoms with Crippen molar-refractivity contribution in [3.8, 4) is 0 Å². The Morgan fingerprint density at radius 2 is 0.881 bits per heavy atom. The Morgan fingerprint density at radius 3 is 1.26 bits per heavy atom. The zero-order valence-corrected chi connectivity index (χ0v) is 28.5. The summed E-state index contributed by atoms with van der Waals surface area (Å²) in [5.74, 6) is 0. The maximum Gasteiger partial charge on any atom is 0.213 e. The van der Waals surface area contributed by atoms with Gasteiger partial charge in [0, 0.05) is 60.5 Å². The molecule has 2 atom stereocenters. The lowest BCUT2D eigenvalue weighted by molar-refractivity contribution is 0.509. The summed E-state index contributed by atoms with van der Waals surface area (Å²) in [6.07, 6.45) is 0.177. The van der Waals surface area contributed by atoms with E-state index in [0.29, 0.717) is 27.8 Å². The molecule has 0 fully saturated rings. The van der Waals surface area contributed by atoms with Crippen LogP contribution in [0.25, 0.3) is 0 Å². The normalized spacial score (nSPS) is 15.3. The molecule has 4 aromatic rings. The maximum absolute atomic E-state index is 15.8. The molecule has 0 aliphatic rings. The number of hydrogen-bond donors (Lipinski definition) is 0. The molecule has 0 aliphatic heterocycles. The van der Waals surface area contributed by atoms with Gasteiger partial charge in [-0.25, -0.2) is 4.44 Å². The van der Waals surface area contributed by atoms with Crippen molar-refractivity contribution in [1.29, 1.82) is 0 Å². The van der Waals surface area contributed by atoms with Gasteiger partial charge in [-0.3, -0.25) is 9.13 Å². The highest BCUT2D eigenvalue weighted by molar-refractivity contribution is 7.90. The summed E-state index contributed by atoms with van der Waals surface area (Å²) in [7, 11) is -13.1. The fourth-order valence-electron chi connectivity index (χ4n) is 5.66. The molecule has 2 unspecified atom stereocenters. The number of rotatable bonds is 12. The van der Waals surface area contributed by atoms with Crippen molar-refractivity contribution >= 4 is 50.4 Å². The van der Waals surface area contributed by atoms with Crippen LogP contribution in [-0.2, 0) is 24.4 Å². The predicted octanol–water partition coefficient (Wildman–Crippen LogP) is 7.43. The van der Waals surface area contributed by atoms with Crippen molar-refractivity contribution in [2.45, 2.75) is 20.0 Å². The molecule has 0 amide bonds. The Morgan fingerprint density at radius 1 is 0.500 bits per heavy atom. The highest BCUT2D eigenvalue weighted by atomic mass is 31.2. The first-order valence-electron chi connectivity index (χ1n) is 14.0. The topological polar surface area (TPSA) is 74.8 Å². The third-order valence-electron chi connectivity index (χ3n) is 7.32. The number of hydrogen-bond acceptors (Lipinski definition) is 4. The molecule has 222 valence electrons. The van der Waals surface area contributed by atoms with E-state index in [1.54, 1.807) is 28.9 Å². The molecule has 42 heavy (non-hydrogen) atoms. The van der Waals surface area contributed by atoms with E-state index in [1.807, 2.05) is 129 Å². The zero-order chi connectivity index (χ0) is 30.6. The van der Waals surface area contributed by atoms with Crippen molar-refractivity contribution < 1.29 is 18.3 Å². The van der Waals surface area contributed by atoms with Gasteiger partial charge in [-0.05, 0) is 54.1 Å². The summed E-state index contributed by atoms with van der Waals surface area (Å²) in [5, 5.41) is 2.28. The van der Waals surface area contributed by atoms with Gasteiger partial charge in [0.05, 0.1) is 0 Å². The average Bonchev–Trinajstić information content (AvgIpc) is 2.98. The van der Waals surface area contributed by atoms with Crippen molar-refractivity contribution in [2.24, 2.45) is 0 Å². The van der Waals surface area contributed by atoms with Crippen LogP contribution in [0.4, 0.5) is 0 Å². The third-order valence-corrected chi connectivity index (χ3v) is 20.7. The summed E-state index contributed by atoms with van der Waals surface area (Å²) in [5.41, 5.74) is 0.728. The first kappa shape index (κ1) is 32.6. The summed E-state index contributed by atoms with van der Waals surface area (Å²) in [4.78, 5) is 0. The Kier molecular flexibility index (Phi) is 10.2. The Bertz CT molecular complexity index is 1650. The van der Waals surface area contributed by atoms with E-state index >= 15 is 9.13 Å². The standard InChI is InChI=1S/C32H40N2O4P4/c1-6-33(39(3,4)35)40(5,36)27-28-18-17-25-32(26-28)42(38,31-23-15-10-16-24-31)34(7-2)41(37,29-19-11-8-12-20-29)30-21-13-9-14-22-30/h8-26H,6-7,27H2,1-5H3. The minimum Gasteiger partial charge on any atom is -0.307 e. The van der Waals surface area contributed by atoms with Gasteiger partial charge >= 0.3 is 0 Å². The van der Waals surface area contributed by atoms with Crippen LogP contribution in [0.5, 0.6) is 0 Å². The van der Waals surface area contributed by atoms with Gasteiger partial charge in [0.25, 0.3) is 0 Å². The van der Waals surface area contributed by atoms with Crippen LogP contribution in [0.3, 0.4) is 0 Å². The second-order valence-electron chi connectivity index (χ2n) is 10.7. The van der Waals surface area contributed by atoms with Gasteiger partial charge in [0.2, 0.25) is 14.6 Å². The molecule has 4 aromatic carbocycles. The molecular formula is C32H40N2O4P4. The fourth-order valence-corrected chi connectivity index (χ4v) is 19.3. The van der Waals surface area contributed by atoms with E-state index in [1.165, 1.54) is 0 Å². The van der Waals surface area contributed by atoms with Crippen LogP contribution in [0.2, 0.25) is 0 Å². The third kappa shape index (κ3) is 6.46. The first-order chi connectivity index (χ1) is 19.9. The molecule has 0 radical (unpaired) electrons. The Hall–Kier alpha value is -2.28. The smallest absolute Gasteiger partial charge is 0.213 e. The summed E-state index contributed by atoms with van der Waals surface area (Å²) < 4.78 is 61.6. The largest absolute Gasteiger partial charge is 0.307 e. The van der Waals surface area contributed by atoms with Crippen LogP contribution in [-0.4, -0.2) is 42.0 Å². The number of nitrogens with zero attached hydrogens (tertiary/aromatic N) is 2. The molecule has 6 nitrogen and oxygen atoms in total. The molecular weight excluding hydrogens is 600 g/mol. The SMILES string of the molecule is CCN(P(C)(C)=O)P(C)(=O)Cc1cccc(P(=O)(c2ccccc2)N(CC)P(=O)(c2ccccc2)c2ccccc2)c1. The van der Waals surface area contributed by atoms with Crippen molar-refractivity contribution in [2.75, 3.05) is 33.1 Å². The van der Waals surface area contributed by atoms with Crippen molar-refractivity contribution in [1.82, 2.24) is 8.88 Å². The predicted molar refractivity (Wildman–Crippen MR) is 181 cm³/mol. The van der Waals surface area contributed by atoms with E-state index in [9.17, 15) is 9.13 Å². The molecule has 4 rings (SSSR count). The lowest BCUT2D eigenvalue weighted by atomic mass is 10.2. The van der Waals surface area contributed by atoms with E-state index in [2.05, 4.69) is 0 Å². The van der Waals surface area contributed by atoms with E-state index < -0.39 is 29.2 Å². The lowest BCUT2D eigenvalue weighted by Gasteiger charge is -2.38. The summed E-state index contributed by atoms with van der Waals surface area (Å²) in [6, 6.07) is 35.0. The van der Waals surface area contributed by atoms with Crippen LogP contribution < -0.4 is 21.2 Å². The molecule has 0 N–H and O–H groups in total. The van der Waals surface area contributed by atoms with E-state index in [-0.39, 0.29) is 12.7 Å². The minimum atomic E-state index is -3.73. The van der Waals surface area contributed by atoms with Gasteiger partial charge in [-0.15, -0.1) is 0 Å². The van der Waals surface area contributed by atoms with E-state index in [4.69, 9.17) is 0 Å². The van der Waals surface area contributed by atoms with Crippen molar-refractivity contribution in [3.63, 3.8) is 0 Å². The molecule has 0 spiro atoms. The number of benzene rings is 4. The molecule has 0 bridgehead atoms. The van der Waals surface area contributed by atoms with Crippen LogP contribution in [0, 0.1) is 0 Å².